The smallest absolute Gasteiger partial charge is 0.251 e. The van der Waals surface area contributed by atoms with Crippen LogP contribution in [0.25, 0.3) is 0 Å². The molecule has 1 fully saturated rings. The van der Waals surface area contributed by atoms with Gasteiger partial charge in [0, 0.05) is 31.7 Å². The number of hydrogen-bond acceptors (Lipinski definition) is 4. The second kappa shape index (κ2) is 8.93. The van der Waals surface area contributed by atoms with Crippen molar-refractivity contribution in [1.29, 1.82) is 0 Å². The minimum Gasteiger partial charge on any atom is -0.351 e. The van der Waals surface area contributed by atoms with Crippen molar-refractivity contribution >= 4 is 15.9 Å². The SMILES string of the molecule is CC1CC(C)CN(S(=O)(=O)c2cccc(C(=O)NCC(C)(C)CN(C)C)c2)C1. The van der Waals surface area contributed by atoms with Gasteiger partial charge in [-0.2, -0.15) is 4.31 Å². The molecule has 1 heterocycles. The Morgan fingerprint density at radius 1 is 1.21 bits per heavy atom. The first-order valence-electron chi connectivity index (χ1n) is 9.94. The summed E-state index contributed by atoms with van der Waals surface area (Å²) in [5, 5.41) is 2.94. The van der Waals surface area contributed by atoms with Crippen molar-refractivity contribution in [3.8, 4) is 0 Å². The largest absolute Gasteiger partial charge is 0.351 e. The first kappa shape index (κ1) is 22.8. The first-order chi connectivity index (χ1) is 12.9. The second-order valence-electron chi connectivity index (χ2n) is 9.38. The van der Waals surface area contributed by atoms with Gasteiger partial charge in [0.25, 0.3) is 5.91 Å². The molecule has 7 heteroatoms. The molecule has 1 saturated heterocycles. The zero-order valence-electron chi connectivity index (χ0n) is 18.0. The molecule has 28 heavy (non-hydrogen) atoms. The van der Waals surface area contributed by atoms with Gasteiger partial charge in [0.1, 0.15) is 0 Å². The summed E-state index contributed by atoms with van der Waals surface area (Å²) in [5.74, 6) is 0.428. The van der Waals surface area contributed by atoms with Gasteiger partial charge in [0.2, 0.25) is 10.0 Å². The van der Waals surface area contributed by atoms with E-state index in [2.05, 4.69) is 37.9 Å². The van der Waals surface area contributed by atoms with E-state index in [0.717, 1.165) is 13.0 Å². The van der Waals surface area contributed by atoms with Crippen LogP contribution >= 0.6 is 0 Å². The van der Waals surface area contributed by atoms with Gasteiger partial charge < -0.3 is 10.2 Å². The number of rotatable bonds is 7. The Balaban J connectivity index is 2.13. The van der Waals surface area contributed by atoms with Gasteiger partial charge in [-0.25, -0.2) is 8.42 Å². The van der Waals surface area contributed by atoms with Crippen molar-refractivity contribution in [2.24, 2.45) is 17.3 Å². The Hall–Kier alpha value is -1.44. The van der Waals surface area contributed by atoms with Crippen LogP contribution in [0.2, 0.25) is 0 Å². The number of hydrogen-bond donors (Lipinski definition) is 1. The normalized spacial score (nSPS) is 21.7. The van der Waals surface area contributed by atoms with Crippen molar-refractivity contribution in [1.82, 2.24) is 14.5 Å². The van der Waals surface area contributed by atoms with Crippen LogP contribution in [-0.4, -0.2) is 63.8 Å². The highest BCUT2D eigenvalue weighted by Crippen LogP contribution is 2.27. The first-order valence-corrected chi connectivity index (χ1v) is 11.4. The third-order valence-corrected chi connectivity index (χ3v) is 6.87. The second-order valence-corrected chi connectivity index (χ2v) is 11.3. The molecule has 1 N–H and O–H groups in total. The summed E-state index contributed by atoms with van der Waals surface area (Å²) in [4.78, 5) is 14.9. The van der Waals surface area contributed by atoms with Gasteiger partial charge in [-0.15, -0.1) is 0 Å². The molecule has 0 radical (unpaired) electrons. The molecule has 2 atom stereocenters. The standard InChI is InChI=1S/C21H35N3O3S/c1-16-10-17(2)13-24(12-16)28(26,27)19-9-7-8-18(11-19)20(25)22-14-21(3,4)15-23(5)6/h7-9,11,16-17H,10,12-15H2,1-6H3,(H,22,25). The van der Waals surface area contributed by atoms with Crippen molar-refractivity contribution in [2.75, 3.05) is 40.3 Å². The van der Waals surface area contributed by atoms with E-state index in [1.165, 1.54) is 6.07 Å². The lowest BCUT2D eigenvalue weighted by Gasteiger charge is -2.34. The quantitative estimate of drug-likeness (QED) is 0.752. The average Bonchev–Trinajstić information content (AvgIpc) is 2.58. The molecule has 2 unspecified atom stereocenters. The van der Waals surface area contributed by atoms with Crippen molar-refractivity contribution in [3.63, 3.8) is 0 Å². The maximum atomic E-state index is 13.1. The Morgan fingerprint density at radius 2 is 1.82 bits per heavy atom. The Labute approximate surface area is 170 Å². The number of nitrogens with one attached hydrogen (secondary N) is 1. The molecule has 1 aromatic rings. The van der Waals surface area contributed by atoms with Crippen LogP contribution in [0.15, 0.2) is 29.2 Å². The van der Waals surface area contributed by atoms with Crippen LogP contribution < -0.4 is 5.32 Å². The van der Waals surface area contributed by atoms with E-state index in [9.17, 15) is 13.2 Å². The fourth-order valence-corrected chi connectivity index (χ4v) is 5.81. The minimum atomic E-state index is -3.60. The van der Waals surface area contributed by atoms with E-state index in [1.807, 2.05) is 14.1 Å². The molecule has 1 aromatic carbocycles. The summed E-state index contributed by atoms with van der Waals surface area (Å²) in [5.41, 5.74) is 0.294. The van der Waals surface area contributed by atoms with Gasteiger partial charge in [-0.3, -0.25) is 4.79 Å². The number of carbonyl (C=O) groups excluding carboxylic acids is 1. The highest BCUT2D eigenvalue weighted by Gasteiger charge is 2.32. The number of amides is 1. The van der Waals surface area contributed by atoms with E-state index in [0.29, 0.717) is 37.0 Å². The molecule has 6 nitrogen and oxygen atoms in total. The van der Waals surface area contributed by atoms with Crippen LogP contribution in [0.3, 0.4) is 0 Å². The lowest BCUT2D eigenvalue weighted by molar-refractivity contribution is 0.0929. The molecule has 1 aliphatic heterocycles. The Morgan fingerprint density at radius 3 is 2.39 bits per heavy atom. The van der Waals surface area contributed by atoms with Gasteiger partial charge in [0.15, 0.2) is 0 Å². The third-order valence-electron chi connectivity index (χ3n) is 5.04. The topological polar surface area (TPSA) is 69.7 Å². The van der Waals surface area contributed by atoms with E-state index in [1.54, 1.807) is 22.5 Å². The molecular weight excluding hydrogens is 374 g/mol. The predicted molar refractivity (Wildman–Crippen MR) is 113 cm³/mol. The minimum absolute atomic E-state index is 0.0804. The van der Waals surface area contributed by atoms with Crippen molar-refractivity contribution < 1.29 is 13.2 Å². The number of benzene rings is 1. The highest BCUT2D eigenvalue weighted by atomic mass is 32.2. The Bertz CT molecular complexity index is 780. The van der Waals surface area contributed by atoms with Crippen LogP contribution in [0.4, 0.5) is 0 Å². The molecule has 2 rings (SSSR count). The van der Waals surface area contributed by atoms with Crippen LogP contribution in [0.1, 0.15) is 44.5 Å². The fourth-order valence-electron chi connectivity index (χ4n) is 4.08. The summed E-state index contributed by atoms with van der Waals surface area (Å²) in [6.45, 7) is 10.8. The summed E-state index contributed by atoms with van der Waals surface area (Å²) in [7, 11) is 0.404. The molecule has 1 amide bonds. The van der Waals surface area contributed by atoms with Gasteiger partial charge in [-0.05, 0) is 56.0 Å². The van der Waals surface area contributed by atoms with E-state index in [4.69, 9.17) is 0 Å². The predicted octanol–water partition coefficient (Wildman–Crippen LogP) is 2.67. The summed E-state index contributed by atoms with van der Waals surface area (Å²) >= 11 is 0. The van der Waals surface area contributed by atoms with E-state index >= 15 is 0 Å². The Kier molecular flexibility index (Phi) is 7.28. The van der Waals surface area contributed by atoms with Crippen molar-refractivity contribution in [3.05, 3.63) is 29.8 Å². The third kappa shape index (κ3) is 6.03. The van der Waals surface area contributed by atoms with Crippen LogP contribution in [-0.2, 0) is 10.0 Å². The molecule has 0 bridgehead atoms. The molecule has 0 spiro atoms. The summed E-state index contributed by atoms with van der Waals surface area (Å²) < 4.78 is 27.7. The molecule has 0 aromatic heterocycles. The zero-order valence-corrected chi connectivity index (χ0v) is 18.8. The number of carbonyl (C=O) groups is 1. The summed E-state index contributed by atoms with van der Waals surface area (Å²) in [6, 6.07) is 6.37. The number of piperidine rings is 1. The highest BCUT2D eigenvalue weighted by molar-refractivity contribution is 7.89. The van der Waals surface area contributed by atoms with Gasteiger partial charge in [0.05, 0.1) is 4.90 Å². The zero-order chi connectivity index (χ0) is 21.1. The maximum Gasteiger partial charge on any atom is 0.251 e. The van der Waals surface area contributed by atoms with Gasteiger partial charge in [-0.1, -0.05) is 33.8 Å². The lowest BCUT2D eigenvalue weighted by Crippen LogP contribution is -2.42. The molecule has 0 saturated carbocycles. The van der Waals surface area contributed by atoms with Gasteiger partial charge >= 0.3 is 0 Å². The number of nitrogens with zero attached hydrogens (tertiary/aromatic N) is 2. The van der Waals surface area contributed by atoms with Crippen molar-refractivity contribution in [2.45, 2.75) is 39.0 Å². The summed E-state index contributed by atoms with van der Waals surface area (Å²) in [6.07, 6.45) is 1.04. The molecular formula is C21H35N3O3S. The number of sulfonamides is 1. The van der Waals surface area contributed by atoms with E-state index in [-0.39, 0.29) is 16.2 Å². The maximum absolute atomic E-state index is 13.1. The lowest BCUT2D eigenvalue weighted by atomic mass is 9.93. The van der Waals surface area contributed by atoms with Crippen LogP contribution in [0.5, 0.6) is 0 Å². The molecule has 158 valence electrons. The average molecular weight is 410 g/mol. The molecule has 1 aliphatic rings. The van der Waals surface area contributed by atoms with E-state index < -0.39 is 10.0 Å². The molecule has 0 aliphatic carbocycles. The fraction of sp³-hybridized carbons (Fsp3) is 0.667. The monoisotopic (exact) mass is 409 g/mol. The van der Waals surface area contributed by atoms with Crippen LogP contribution in [0, 0.1) is 17.3 Å².